The SMILES string of the molecule is Clc1ncc(NCc2[nH]c3ccccc3c2Cl)cc1Br. The van der Waals surface area contributed by atoms with Gasteiger partial charge in [0.05, 0.1) is 33.6 Å². The predicted octanol–water partition coefficient (Wildman–Crippen LogP) is 5.24. The largest absolute Gasteiger partial charge is 0.378 e. The molecular weight excluding hydrogens is 361 g/mol. The highest BCUT2D eigenvalue weighted by atomic mass is 79.9. The summed E-state index contributed by atoms with van der Waals surface area (Å²) in [4.78, 5) is 7.38. The summed E-state index contributed by atoms with van der Waals surface area (Å²) < 4.78 is 0.756. The number of hydrogen-bond donors (Lipinski definition) is 2. The van der Waals surface area contributed by atoms with E-state index in [2.05, 4.69) is 31.2 Å². The van der Waals surface area contributed by atoms with Crippen LogP contribution in [0, 0.1) is 0 Å². The van der Waals surface area contributed by atoms with Crippen LogP contribution in [0.1, 0.15) is 5.69 Å². The summed E-state index contributed by atoms with van der Waals surface area (Å²) in [6.07, 6.45) is 1.68. The molecule has 0 atom stereocenters. The molecule has 0 radical (unpaired) electrons. The summed E-state index contributed by atoms with van der Waals surface area (Å²) in [6, 6.07) is 9.83. The lowest BCUT2D eigenvalue weighted by atomic mass is 10.2. The van der Waals surface area contributed by atoms with E-state index in [-0.39, 0.29) is 0 Å². The Kier molecular flexibility index (Phi) is 3.87. The first-order valence-corrected chi connectivity index (χ1v) is 7.50. The monoisotopic (exact) mass is 369 g/mol. The molecule has 6 heteroatoms. The zero-order chi connectivity index (χ0) is 14.1. The number of hydrogen-bond acceptors (Lipinski definition) is 2. The molecule has 0 spiro atoms. The van der Waals surface area contributed by atoms with Crippen molar-refractivity contribution < 1.29 is 0 Å². The van der Waals surface area contributed by atoms with Crippen LogP contribution in [0.2, 0.25) is 10.2 Å². The van der Waals surface area contributed by atoms with E-state index in [9.17, 15) is 0 Å². The molecule has 2 aromatic heterocycles. The zero-order valence-electron chi connectivity index (χ0n) is 10.3. The van der Waals surface area contributed by atoms with Crippen LogP contribution in [0.15, 0.2) is 41.0 Å². The number of anilines is 1. The van der Waals surface area contributed by atoms with Gasteiger partial charge in [0.15, 0.2) is 0 Å². The van der Waals surface area contributed by atoms with E-state index in [1.54, 1.807) is 6.20 Å². The van der Waals surface area contributed by atoms with Gasteiger partial charge in [0, 0.05) is 10.9 Å². The number of aromatic amines is 1. The van der Waals surface area contributed by atoms with E-state index < -0.39 is 0 Å². The Hall–Kier alpha value is -1.23. The van der Waals surface area contributed by atoms with Crippen LogP contribution < -0.4 is 5.32 Å². The van der Waals surface area contributed by atoms with Crippen molar-refractivity contribution in [1.82, 2.24) is 9.97 Å². The van der Waals surface area contributed by atoms with Crippen LogP contribution in [0.5, 0.6) is 0 Å². The van der Waals surface area contributed by atoms with Gasteiger partial charge in [-0.05, 0) is 28.1 Å². The summed E-state index contributed by atoms with van der Waals surface area (Å²) in [5.74, 6) is 0. The molecule has 3 rings (SSSR count). The van der Waals surface area contributed by atoms with Crippen molar-refractivity contribution in [3.63, 3.8) is 0 Å². The molecule has 0 aliphatic carbocycles. The average Bonchev–Trinajstić information content (AvgIpc) is 2.77. The third-order valence-electron chi connectivity index (χ3n) is 2.98. The van der Waals surface area contributed by atoms with Gasteiger partial charge in [0.25, 0.3) is 0 Å². The minimum absolute atomic E-state index is 0.444. The molecule has 0 saturated carbocycles. The number of benzene rings is 1. The predicted molar refractivity (Wildman–Crippen MR) is 87.6 cm³/mol. The Bertz CT molecular complexity index is 770. The fourth-order valence-electron chi connectivity index (χ4n) is 1.99. The third kappa shape index (κ3) is 2.64. The first-order chi connectivity index (χ1) is 9.65. The number of para-hydroxylation sites is 1. The number of pyridine rings is 1. The van der Waals surface area contributed by atoms with E-state index >= 15 is 0 Å². The van der Waals surface area contributed by atoms with Gasteiger partial charge in [0.1, 0.15) is 5.15 Å². The molecule has 3 aromatic rings. The third-order valence-corrected chi connectivity index (χ3v) is 4.55. The van der Waals surface area contributed by atoms with Gasteiger partial charge < -0.3 is 10.3 Å². The standard InChI is InChI=1S/C14H10BrCl2N3/c15-10-5-8(6-19-14(10)17)18-7-12-13(16)9-3-1-2-4-11(9)20-12/h1-6,18,20H,7H2. The number of aromatic nitrogens is 2. The molecule has 0 aliphatic heterocycles. The highest BCUT2D eigenvalue weighted by molar-refractivity contribution is 9.10. The molecule has 3 nitrogen and oxygen atoms in total. The zero-order valence-corrected chi connectivity index (χ0v) is 13.4. The van der Waals surface area contributed by atoms with Gasteiger partial charge in [-0.3, -0.25) is 0 Å². The van der Waals surface area contributed by atoms with Gasteiger partial charge in [-0.2, -0.15) is 0 Å². The van der Waals surface area contributed by atoms with Crippen molar-refractivity contribution in [3.05, 3.63) is 56.9 Å². The van der Waals surface area contributed by atoms with Gasteiger partial charge in [-0.15, -0.1) is 0 Å². The van der Waals surface area contributed by atoms with Crippen molar-refractivity contribution >= 4 is 55.7 Å². The molecule has 20 heavy (non-hydrogen) atoms. The first-order valence-electron chi connectivity index (χ1n) is 5.95. The summed E-state index contributed by atoms with van der Waals surface area (Å²) in [7, 11) is 0. The molecular formula is C14H10BrCl2N3. The van der Waals surface area contributed by atoms with Crippen LogP contribution in [0.25, 0.3) is 10.9 Å². The number of fused-ring (bicyclic) bond motifs is 1. The van der Waals surface area contributed by atoms with E-state index in [0.717, 1.165) is 31.8 Å². The number of nitrogens with zero attached hydrogens (tertiary/aromatic N) is 1. The number of nitrogens with one attached hydrogen (secondary N) is 2. The van der Waals surface area contributed by atoms with Crippen LogP contribution in [0.4, 0.5) is 5.69 Å². The highest BCUT2D eigenvalue weighted by Crippen LogP contribution is 2.28. The molecule has 0 saturated heterocycles. The summed E-state index contributed by atoms with van der Waals surface area (Å²) >= 11 is 15.6. The smallest absolute Gasteiger partial charge is 0.143 e. The van der Waals surface area contributed by atoms with Gasteiger partial charge in [0.2, 0.25) is 0 Å². The molecule has 0 fully saturated rings. The second-order valence-electron chi connectivity index (χ2n) is 4.31. The van der Waals surface area contributed by atoms with Crippen molar-refractivity contribution in [3.8, 4) is 0 Å². The first kappa shape index (κ1) is 13.7. The molecule has 2 heterocycles. The second-order valence-corrected chi connectivity index (χ2v) is 5.90. The van der Waals surface area contributed by atoms with Crippen molar-refractivity contribution in [1.29, 1.82) is 0 Å². The maximum Gasteiger partial charge on any atom is 0.143 e. The fourth-order valence-corrected chi connectivity index (χ4v) is 2.72. The Morgan fingerprint density at radius 3 is 2.80 bits per heavy atom. The highest BCUT2D eigenvalue weighted by Gasteiger charge is 2.09. The van der Waals surface area contributed by atoms with Gasteiger partial charge >= 0.3 is 0 Å². The Balaban J connectivity index is 1.83. The summed E-state index contributed by atoms with van der Waals surface area (Å²) in [5, 5.41) is 5.48. The minimum atomic E-state index is 0.444. The van der Waals surface area contributed by atoms with Crippen molar-refractivity contribution in [2.75, 3.05) is 5.32 Å². The average molecular weight is 371 g/mol. The van der Waals surface area contributed by atoms with E-state index in [4.69, 9.17) is 23.2 Å². The quantitative estimate of drug-likeness (QED) is 0.618. The van der Waals surface area contributed by atoms with E-state index in [1.165, 1.54) is 0 Å². The molecule has 0 aliphatic rings. The minimum Gasteiger partial charge on any atom is -0.378 e. The lowest BCUT2D eigenvalue weighted by Gasteiger charge is -2.06. The lowest BCUT2D eigenvalue weighted by molar-refractivity contribution is 1.08. The Morgan fingerprint density at radius 2 is 2.05 bits per heavy atom. The maximum absolute atomic E-state index is 6.36. The lowest BCUT2D eigenvalue weighted by Crippen LogP contribution is -2.00. The maximum atomic E-state index is 6.36. The Labute approximate surface area is 134 Å². The Morgan fingerprint density at radius 1 is 1.25 bits per heavy atom. The van der Waals surface area contributed by atoms with Gasteiger partial charge in [-0.1, -0.05) is 41.4 Å². The molecule has 1 aromatic carbocycles. The van der Waals surface area contributed by atoms with E-state index in [1.807, 2.05) is 30.3 Å². The van der Waals surface area contributed by atoms with Crippen LogP contribution in [-0.2, 0) is 6.54 Å². The van der Waals surface area contributed by atoms with Crippen LogP contribution in [-0.4, -0.2) is 9.97 Å². The number of rotatable bonds is 3. The summed E-state index contributed by atoms with van der Waals surface area (Å²) in [5.41, 5.74) is 2.85. The van der Waals surface area contributed by atoms with Crippen molar-refractivity contribution in [2.45, 2.75) is 6.54 Å². The molecule has 2 N–H and O–H groups in total. The topological polar surface area (TPSA) is 40.7 Å². The fraction of sp³-hybridized carbons (Fsp3) is 0.0714. The van der Waals surface area contributed by atoms with Crippen LogP contribution >= 0.6 is 39.1 Å². The molecule has 0 bridgehead atoms. The normalized spacial score (nSPS) is 10.9. The van der Waals surface area contributed by atoms with E-state index in [0.29, 0.717) is 11.7 Å². The van der Waals surface area contributed by atoms with Crippen LogP contribution in [0.3, 0.4) is 0 Å². The summed E-state index contributed by atoms with van der Waals surface area (Å²) in [6.45, 7) is 0.587. The number of halogens is 3. The molecule has 0 amide bonds. The number of H-pyrrole nitrogens is 1. The van der Waals surface area contributed by atoms with Crippen molar-refractivity contribution in [2.24, 2.45) is 0 Å². The second kappa shape index (κ2) is 5.64. The molecule has 102 valence electrons. The molecule has 0 unspecified atom stereocenters. The van der Waals surface area contributed by atoms with Gasteiger partial charge in [-0.25, -0.2) is 4.98 Å².